The Bertz CT molecular complexity index is 657. The monoisotopic (exact) mass is 337 g/mol. The zero-order valence-electron chi connectivity index (χ0n) is 13.5. The van der Waals surface area contributed by atoms with Crippen LogP contribution in [0.1, 0.15) is 49.5 Å². The number of esters is 1. The number of fused-ring (bicyclic) bond motifs is 2. The summed E-state index contributed by atoms with van der Waals surface area (Å²) in [7, 11) is 0. The molecule has 124 valence electrons. The SMILES string of the molecule is CC(C)(C)OC(=O)N1CCC2(CC1)OC(=O)c1cc(Cl)ccc12. The van der Waals surface area contributed by atoms with E-state index in [2.05, 4.69) is 0 Å². The fourth-order valence-corrected chi connectivity index (χ4v) is 3.29. The van der Waals surface area contributed by atoms with Gasteiger partial charge >= 0.3 is 12.1 Å². The van der Waals surface area contributed by atoms with E-state index in [1.165, 1.54) is 0 Å². The van der Waals surface area contributed by atoms with Gasteiger partial charge in [-0.15, -0.1) is 0 Å². The standard InChI is InChI=1S/C17H20ClNO4/c1-16(2,3)23-15(21)19-8-6-17(7-9-19)13-5-4-11(18)10-12(13)14(20)22-17/h4-5,10H,6-9H2,1-3H3. The van der Waals surface area contributed by atoms with Gasteiger partial charge in [0.15, 0.2) is 0 Å². The largest absolute Gasteiger partial charge is 0.450 e. The second-order valence-electron chi connectivity index (χ2n) is 7.04. The summed E-state index contributed by atoms with van der Waals surface area (Å²) >= 11 is 5.97. The Kier molecular flexibility index (Phi) is 3.79. The first-order valence-electron chi connectivity index (χ1n) is 7.71. The molecule has 2 aliphatic rings. The Morgan fingerprint density at radius 1 is 1.30 bits per heavy atom. The van der Waals surface area contributed by atoms with Crippen molar-refractivity contribution in [1.29, 1.82) is 0 Å². The molecule has 0 N–H and O–H groups in total. The summed E-state index contributed by atoms with van der Waals surface area (Å²) in [5.74, 6) is -0.340. The van der Waals surface area contributed by atoms with Crippen LogP contribution in [0.4, 0.5) is 4.79 Å². The number of carbonyl (C=O) groups is 2. The van der Waals surface area contributed by atoms with Crippen LogP contribution in [0, 0.1) is 0 Å². The van der Waals surface area contributed by atoms with Crippen molar-refractivity contribution < 1.29 is 19.1 Å². The highest BCUT2D eigenvalue weighted by Crippen LogP contribution is 2.44. The van der Waals surface area contributed by atoms with Crippen molar-refractivity contribution in [2.75, 3.05) is 13.1 Å². The number of carbonyl (C=O) groups excluding carboxylic acids is 2. The van der Waals surface area contributed by atoms with Crippen molar-refractivity contribution in [3.8, 4) is 0 Å². The molecule has 1 aromatic rings. The fraction of sp³-hybridized carbons (Fsp3) is 0.529. The van der Waals surface area contributed by atoms with Gasteiger partial charge in [-0.05, 0) is 32.9 Å². The van der Waals surface area contributed by atoms with Crippen molar-refractivity contribution >= 4 is 23.7 Å². The van der Waals surface area contributed by atoms with Gasteiger partial charge in [0.05, 0.1) is 5.56 Å². The highest BCUT2D eigenvalue weighted by atomic mass is 35.5. The summed E-state index contributed by atoms with van der Waals surface area (Å²) < 4.78 is 11.1. The molecule has 1 amide bonds. The van der Waals surface area contributed by atoms with E-state index >= 15 is 0 Å². The Labute approximate surface area is 140 Å². The summed E-state index contributed by atoms with van der Waals surface area (Å²) in [6, 6.07) is 5.27. The number of ether oxygens (including phenoxy) is 2. The molecule has 0 aliphatic carbocycles. The number of rotatable bonds is 0. The highest BCUT2D eigenvalue weighted by Gasteiger charge is 2.48. The Morgan fingerprint density at radius 2 is 1.96 bits per heavy atom. The molecule has 1 saturated heterocycles. The van der Waals surface area contributed by atoms with Gasteiger partial charge in [-0.25, -0.2) is 9.59 Å². The van der Waals surface area contributed by atoms with E-state index in [0.717, 1.165) is 5.56 Å². The van der Waals surface area contributed by atoms with E-state index in [1.54, 1.807) is 17.0 Å². The molecule has 0 saturated carbocycles. The summed E-state index contributed by atoms with van der Waals surface area (Å²) in [5, 5.41) is 0.518. The van der Waals surface area contributed by atoms with E-state index in [-0.39, 0.29) is 12.1 Å². The highest BCUT2D eigenvalue weighted by molar-refractivity contribution is 6.31. The van der Waals surface area contributed by atoms with Gasteiger partial charge in [-0.1, -0.05) is 17.7 Å². The average molecular weight is 338 g/mol. The molecule has 0 aromatic heterocycles. The van der Waals surface area contributed by atoms with Gasteiger partial charge in [-0.2, -0.15) is 0 Å². The zero-order valence-corrected chi connectivity index (χ0v) is 14.3. The minimum atomic E-state index is -0.643. The summed E-state index contributed by atoms with van der Waals surface area (Å²) in [4.78, 5) is 25.9. The number of piperidine rings is 1. The molecular weight excluding hydrogens is 318 g/mol. The molecular formula is C17H20ClNO4. The third-order valence-corrected chi connectivity index (χ3v) is 4.44. The summed E-state index contributed by atoms with van der Waals surface area (Å²) in [6.45, 7) is 6.51. The van der Waals surface area contributed by atoms with Crippen molar-refractivity contribution in [2.45, 2.75) is 44.8 Å². The van der Waals surface area contributed by atoms with Crippen LogP contribution in [-0.2, 0) is 15.1 Å². The van der Waals surface area contributed by atoms with Crippen LogP contribution in [0.15, 0.2) is 18.2 Å². The van der Waals surface area contributed by atoms with Crippen LogP contribution in [0.3, 0.4) is 0 Å². The van der Waals surface area contributed by atoms with Crippen molar-refractivity contribution in [1.82, 2.24) is 4.90 Å². The maximum Gasteiger partial charge on any atom is 0.410 e. The molecule has 2 aliphatic heterocycles. The van der Waals surface area contributed by atoms with E-state index in [4.69, 9.17) is 21.1 Å². The number of hydrogen-bond donors (Lipinski definition) is 0. The van der Waals surface area contributed by atoms with E-state index < -0.39 is 11.2 Å². The lowest BCUT2D eigenvalue weighted by molar-refractivity contribution is -0.0470. The molecule has 0 atom stereocenters. The first-order chi connectivity index (χ1) is 10.7. The van der Waals surface area contributed by atoms with Crippen LogP contribution >= 0.6 is 11.6 Å². The maximum atomic E-state index is 12.2. The van der Waals surface area contributed by atoms with Gasteiger partial charge < -0.3 is 14.4 Å². The van der Waals surface area contributed by atoms with Gasteiger partial charge in [0, 0.05) is 36.5 Å². The molecule has 6 heteroatoms. The molecule has 23 heavy (non-hydrogen) atoms. The van der Waals surface area contributed by atoms with Crippen LogP contribution < -0.4 is 0 Å². The molecule has 2 heterocycles. The minimum absolute atomic E-state index is 0.326. The average Bonchev–Trinajstić information content (AvgIpc) is 2.70. The van der Waals surface area contributed by atoms with Crippen LogP contribution in [-0.4, -0.2) is 35.7 Å². The van der Waals surface area contributed by atoms with Crippen molar-refractivity contribution in [2.24, 2.45) is 0 Å². The van der Waals surface area contributed by atoms with Gasteiger partial charge in [0.2, 0.25) is 0 Å². The number of likely N-dealkylation sites (tertiary alicyclic amines) is 1. The second kappa shape index (κ2) is 5.41. The fourth-order valence-electron chi connectivity index (χ4n) is 3.12. The molecule has 0 bridgehead atoms. The second-order valence-corrected chi connectivity index (χ2v) is 7.48. The quantitative estimate of drug-likeness (QED) is 0.677. The maximum absolute atomic E-state index is 12.2. The molecule has 0 unspecified atom stereocenters. The number of benzene rings is 1. The zero-order chi connectivity index (χ0) is 16.8. The predicted molar refractivity (Wildman–Crippen MR) is 85.6 cm³/mol. The Hall–Kier alpha value is -1.75. The smallest absolute Gasteiger partial charge is 0.410 e. The van der Waals surface area contributed by atoms with E-state index in [0.29, 0.717) is 36.5 Å². The van der Waals surface area contributed by atoms with Gasteiger partial charge in [0.25, 0.3) is 0 Å². The summed E-state index contributed by atoms with van der Waals surface area (Å²) in [6.07, 6.45) is 0.798. The minimum Gasteiger partial charge on any atom is -0.450 e. The van der Waals surface area contributed by atoms with E-state index in [9.17, 15) is 9.59 Å². The molecule has 5 nitrogen and oxygen atoms in total. The van der Waals surface area contributed by atoms with Gasteiger partial charge in [-0.3, -0.25) is 0 Å². The Morgan fingerprint density at radius 3 is 2.57 bits per heavy atom. The molecule has 1 aromatic carbocycles. The number of hydrogen-bond acceptors (Lipinski definition) is 4. The Balaban J connectivity index is 1.75. The lowest BCUT2D eigenvalue weighted by atomic mass is 9.84. The normalized spacial score (nSPS) is 19.5. The third kappa shape index (κ3) is 3.02. The molecule has 1 fully saturated rings. The third-order valence-electron chi connectivity index (χ3n) is 4.20. The van der Waals surface area contributed by atoms with Gasteiger partial charge in [0.1, 0.15) is 11.2 Å². The lowest BCUT2D eigenvalue weighted by Crippen LogP contribution is -2.47. The van der Waals surface area contributed by atoms with E-state index in [1.807, 2.05) is 26.8 Å². The number of amides is 1. The van der Waals surface area contributed by atoms with Crippen molar-refractivity contribution in [3.05, 3.63) is 34.3 Å². The molecule has 1 spiro atoms. The molecule has 0 radical (unpaired) electrons. The number of halogens is 1. The first-order valence-corrected chi connectivity index (χ1v) is 8.09. The van der Waals surface area contributed by atoms with Crippen LogP contribution in [0.2, 0.25) is 5.02 Å². The topological polar surface area (TPSA) is 55.8 Å². The van der Waals surface area contributed by atoms with Crippen LogP contribution in [0.5, 0.6) is 0 Å². The van der Waals surface area contributed by atoms with Crippen molar-refractivity contribution in [3.63, 3.8) is 0 Å². The lowest BCUT2D eigenvalue weighted by Gasteiger charge is -2.38. The predicted octanol–water partition coefficient (Wildman–Crippen LogP) is 3.74. The van der Waals surface area contributed by atoms with Crippen LogP contribution in [0.25, 0.3) is 0 Å². The first kappa shape index (κ1) is 16.1. The number of nitrogens with zero attached hydrogens (tertiary/aromatic N) is 1. The molecule has 3 rings (SSSR count). The summed E-state index contributed by atoms with van der Waals surface area (Å²) in [5.41, 5.74) is 0.240.